The highest BCUT2D eigenvalue weighted by Gasteiger charge is 2.26. The van der Waals surface area contributed by atoms with Gasteiger partial charge < -0.3 is 14.2 Å². The number of aromatic nitrogens is 4. The van der Waals surface area contributed by atoms with E-state index in [1.165, 1.54) is 0 Å². The van der Waals surface area contributed by atoms with Crippen molar-refractivity contribution in [2.75, 3.05) is 4.90 Å². The molecule has 5 aromatic carbocycles. The third-order valence-electron chi connectivity index (χ3n) is 8.95. The van der Waals surface area contributed by atoms with Crippen molar-refractivity contribution in [1.82, 2.24) is 19.1 Å². The lowest BCUT2D eigenvalue weighted by Crippen LogP contribution is -2.26. The molecule has 0 spiro atoms. The van der Waals surface area contributed by atoms with E-state index in [2.05, 4.69) is 54.5 Å². The van der Waals surface area contributed by atoms with Crippen LogP contribution in [0, 0.1) is 0 Å². The number of imidazole rings is 1. The van der Waals surface area contributed by atoms with Crippen LogP contribution in [0.4, 0.5) is 11.4 Å². The van der Waals surface area contributed by atoms with Crippen LogP contribution in [0.5, 0.6) is 11.5 Å². The van der Waals surface area contributed by atoms with E-state index in [1.54, 1.807) is 6.20 Å². The molecule has 0 fully saturated rings. The molecule has 0 saturated heterocycles. The Morgan fingerprint density at radius 3 is 2.49 bits per heavy atom. The molecule has 0 unspecified atom stereocenters. The second kappa shape index (κ2) is 10.3. The molecule has 1 aliphatic heterocycles. The summed E-state index contributed by atoms with van der Waals surface area (Å²) < 4.78 is 45.3. The first-order valence-electron chi connectivity index (χ1n) is 17.7. The zero-order valence-electron chi connectivity index (χ0n) is 30.2. The van der Waals surface area contributed by atoms with E-state index >= 15 is 0 Å². The predicted molar refractivity (Wildman–Crippen MR) is 191 cm³/mol. The third-order valence-corrected chi connectivity index (χ3v) is 8.95. The van der Waals surface area contributed by atoms with Gasteiger partial charge in [0, 0.05) is 40.4 Å². The van der Waals surface area contributed by atoms with Crippen LogP contribution in [0.2, 0.25) is 0 Å². The van der Waals surface area contributed by atoms with Gasteiger partial charge in [-0.1, -0.05) is 69.2 Å². The molecule has 47 heavy (non-hydrogen) atoms. The second-order valence-electron chi connectivity index (χ2n) is 12.9. The summed E-state index contributed by atoms with van der Waals surface area (Å²) in [6.07, 6.45) is 1.75. The van der Waals surface area contributed by atoms with Crippen molar-refractivity contribution in [3.8, 4) is 28.7 Å². The van der Waals surface area contributed by atoms with Gasteiger partial charge in [-0.2, -0.15) is 0 Å². The molecule has 1 aliphatic rings. The SMILES string of the molecule is [2H]c1c([2H])c([2H])c2c(c1[2H])c1ccc(Oc3cccc(N4Cn5c(nc6ccccc65)-c5ccccc54)c3)cc1n2-c1cc(C(C)(C)C)ccn1. The highest BCUT2D eigenvalue weighted by molar-refractivity contribution is 6.09. The zero-order valence-corrected chi connectivity index (χ0v) is 26.2. The quantitative estimate of drug-likeness (QED) is 0.198. The molecule has 3 aromatic heterocycles. The maximum atomic E-state index is 8.93. The van der Waals surface area contributed by atoms with Crippen LogP contribution in [0.1, 0.15) is 31.8 Å². The molecular weight excluding hydrogens is 578 g/mol. The van der Waals surface area contributed by atoms with Crippen molar-refractivity contribution >= 4 is 44.2 Å². The van der Waals surface area contributed by atoms with Crippen molar-refractivity contribution in [3.05, 3.63) is 139 Å². The van der Waals surface area contributed by atoms with Gasteiger partial charge in [0.1, 0.15) is 29.8 Å². The molecule has 6 heteroatoms. The maximum absolute atomic E-state index is 8.93. The molecule has 0 bridgehead atoms. The van der Waals surface area contributed by atoms with E-state index < -0.39 is 0 Å². The fourth-order valence-electron chi connectivity index (χ4n) is 6.62. The average molecular weight is 616 g/mol. The molecule has 0 amide bonds. The molecule has 8 aromatic rings. The van der Waals surface area contributed by atoms with Crippen molar-refractivity contribution < 1.29 is 10.2 Å². The average Bonchev–Trinajstić information content (AvgIpc) is 3.69. The zero-order chi connectivity index (χ0) is 35.2. The topological polar surface area (TPSA) is 48.1 Å². The molecule has 0 atom stereocenters. The fourth-order valence-corrected chi connectivity index (χ4v) is 6.62. The van der Waals surface area contributed by atoms with Crippen LogP contribution in [0.3, 0.4) is 0 Å². The monoisotopic (exact) mass is 615 g/mol. The summed E-state index contributed by atoms with van der Waals surface area (Å²) in [5.41, 5.74) is 7.08. The van der Waals surface area contributed by atoms with Crippen LogP contribution < -0.4 is 9.64 Å². The summed E-state index contributed by atoms with van der Waals surface area (Å²) in [6, 6.07) is 33.3. The number of pyridine rings is 1. The minimum Gasteiger partial charge on any atom is -0.457 e. The number of hydrogen-bond donors (Lipinski definition) is 0. The first-order chi connectivity index (χ1) is 24.6. The highest BCUT2D eigenvalue weighted by Crippen LogP contribution is 2.42. The molecule has 228 valence electrons. The van der Waals surface area contributed by atoms with Gasteiger partial charge in [-0.05, 0) is 77.7 Å². The van der Waals surface area contributed by atoms with Gasteiger partial charge in [0.05, 0.1) is 33.2 Å². The summed E-state index contributed by atoms with van der Waals surface area (Å²) >= 11 is 0. The predicted octanol–water partition coefficient (Wildman–Crippen LogP) is 10.4. The summed E-state index contributed by atoms with van der Waals surface area (Å²) in [6.45, 7) is 6.97. The molecule has 0 radical (unpaired) electrons. The van der Waals surface area contributed by atoms with Crippen molar-refractivity contribution in [2.45, 2.75) is 32.9 Å². The fraction of sp³-hybridized carbons (Fsp3) is 0.122. The van der Waals surface area contributed by atoms with Gasteiger partial charge in [-0.25, -0.2) is 9.97 Å². The Kier molecular flexibility index (Phi) is 5.15. The lowest BCUT2D eigenvalue weighted by Gasteiger charge is -2.32. The van der Waals surface area contributed by atoms with Gasteiger partial charge in [0.15, 0.2) is 0 Å². The first-order valence-corrected chi connectivity index (χ1v) is 15.7. The van der Waals surface area contributed by atoms with E-state index in [9.17, 15) is 0 Å². The van der Waals surface area contributed by atoms with Crippen LogP contribution in [0.25, 0.3) is 50.0 Å². The second-order valence-corrected chi connectivity index (χ2v) is 12.9. The molecule has 0 N–H and O–H groups in total. The normalized spacial score (nSPS) is 14.1. The molecule has 9 rings (SSSR count). The first kappa shape index (κ1) is 23.5. The molecular formula is C41H33N5O. The van der Waals surface area contributed by atoms with E-state index in [-0.39, 0.29) is 29.6 Å². The number of benzene rings is 5. The molecule has 6 nitrogen and oxygen atoms in total. The van der Waals surface area contributed by atoms with Crippen LogP contribution in [-0.4, -0.2) is 19.1 Å². The maximum Gasteiger partial charge on any atom is 0.144 e. The number of hydrogen-bond acceptors (Lipinski definition) is 4. The number of anilines is 2. The van der Waals surface area contributed by atoms with Crippen LogP contribution in [0.15, 0.2) is 133 Å². The van der Waals surface area contributed by atoms with Crippen molar-refractivity contribution in [3.63, 3.8) is 0 Å². The van der Waals surface area contributed by atoms with E-state index in [0.717, 1.165) is 39.4 Å². The van der Waals surface area contributed by atoms with Gasteiger partial charge in [0.2, 0.25) is 0 Å². The Balaban J connectivity index is 1.16. The number of nitrogens with zero attached hydrogens (tertiary/aromatic N) is 5. The number of rotatable bonds is 4. The van der Waals surface area contributed by atoms with Crippen molar-refractivity contribution in [2.24, 2.45) is 0 Å². The lowest BCUT2D eigenvalue weighted by molar-refractivity contribution is 0.483. The summed E-state index contributed by atoms with van der Waals surface area (Å²) in [5.74, 6) is 2.73. The van der Waals surface area contributed by atoms with E-state index in [0.29, 0.717) is 45.8 Å². The summed E-state index contributed by atoms with van der Waals surface area (Å²) in [4.78, 5) is 11.9. The Labute approximate surface area is 278 Å². The lowest BCUT2D eigenvalue weighted by atomic mass is 9.88. The molecule has 4 heterocycles. The third kappa shape index (κ3) is 4.48. The Morgan fingerprint density at radius 1 is 0.745 bits per heavy atom. The Hall–Kier alpha value is -5.88. The van der Waals surface area contributed by atoms with Gasteiger partial charge in [0.25, 0.3) is 0 Å². The molecule has 0 aliphatic carbocycles. The van der Waals surface area contributed by atoms with Crippen LogP contribution in [-0.2, 0) is 12.1 Å². The highest BCUT2D eigenvalue weighted by atomic mass is 16.5. The minimum atomic E-state index is -0.285. The summed E-state index contributed by atoms with van der Waals surface area (Å²) in [5, 5.41) is 1.14. The van der Waals surface area contributed by atoms with E-state index in [4.69, 9.17) is 20.2 Å². The van der Waals surface area contributed by atoms with Gasteiger partial charge >= 0.3 is 0 Å². The smallest absolute Gasteiger partial charge is 0.144 e. The number of para-hydroxylation sites is 4. The standard InChI is InChI=1S/C41H33N5O/c1-41(2,3)27-21-22-42-39(23-27)46-36-17-8-4-13-31(36)32-20-19-30(25-38(32)46)47-29-12-10-11-28(24-29)44-26-45-37-18-9-6-15-34(37)43-40(45)33-14-5-7-16-35(33)44/h4-25H,26H2,1-3H3/i4D,8D,13D,17D. The summed E-state index contributed by atoms with van der Waals surface area (Å²) in [7, 11) is 0. The number of ether oxygens (including phenoxy) is 1. The largest absolute Gasteiger partial charge is 0.457 e. The molecule has 0 saturated carbocycles. The number of fused-ring (bicyclic) bond motifs is 8. The Morgan fingerprint density at radius 2 is 1.57 bits per heavy atom. The van der Waals surface area contributed by atoms with Gasteiger partial charge in [-0.3, -0.25) is 4.57 Å². The van der Waals surface area contributed by atoms with Crippen molar-refractivity contribution in [1.29, 1.82) is 0 Å². The minimum absolute atomic E-state index is 0.0845. The van der Waals surface area contributed by atoms with E-state index in [1.807, 2.05) is 83.4 Å². The van der Waals surface area contributed by atoms with Gasteiger partial charge in [-0.15, -0.1) is 0 Å². The Bertz CT molecular complexity index is 2710. The van der Waals surface area contributed by atoms with Crippen LogP contribution >= 0.6 is 0 Å².